The van der Waals surface area contributed by atoms with Gasteiger partial charge in [0, 0.05) is 20.3 Å². The molecule has 3 rings (SSSR count). The Hall–Kier alpha value is -4.75. The standard InChI is InChI=1S/C25H32N8O6/c1-15(2)39-23-20-21(26-14-27-23)31-18(30-20)13-33-12-8-10-17(24(33)36)28-22(35)16(29-25(37)38-5)9-6-7-11-19(34)32(3)4/h7-8,10-12,14-16H,6,9,13H2,1-5H3,(H,28,35)(H,29,37)(H,26,27,30,31). The molecule has 3 amide bonds. The van der Waals surface area contributed by atoms with Gasteiger partial charge in [0.15, 0.2) is 5.65 Å². The number of allylic oxidation sites excluding steroid dienone is 1. The van der Waals surface area contributed by atoms with Crippen LogP contribution < -0.4 is 20.9 Å². The van der Waals surface area contributed by atoms with Crippen LogP contribution in [0.15, 0.2) is 41.6 Å². The number of fused-ring (bicyclic) bond motifs is 1. The molecule has 0 radical (unpaired) electrons. The predicted molar refractivity (Wildman–Crippen MR) is 142 cm³/mol. The number of imidazole rings is 1. The van der Waals surface area contributed by atoms with E-state index < -0.39 is 23.6 Å². The number of nitrogens with zero attached hydrogens (tertiary/aromatic N) is 5. The van der Waals surface area contributed by atoms with Crippen molar-refractivity contribution in [2.24, 2.45) is 0 Å². The highest BCUT2D eigenvalue weighted by Crippen LogP contribution is 2.20. The lowest BCUT2D eigenvalue weighted by molar-refractivity contribution is -0.123. The molecular weight excluding hydrogens is 508 g/mol. The average molecular weight is 541 g/mol. The summed E-state index contributed by atoms with van der Waals surface area (Å²) in [5.41, 5.74) is 0.435. The molecule has 14 heteroatoms. The number of nitrogens with one attached hydrogen (secondary N) is 3. The number of anilines is 1. The van der Waals surface area contributed by atoms with Gasteiger partial charge in [0.2, 0.25) is 17.7 Å². The van der Waals surface area contributed by atoms with E-state index in [0.29, 0.717) is 29.3 Å². The number of aromatic nitrogens is 5. The van der Waals surface area contributed by atoms with Crippen LogP contribution in [0, 0.1) is 0 Å². The van der Waals surface area contributed by atoms with Crippen LogP contribution in [0.4, 0.5) is 10.5 Å². The monoisotopic (exact) mass is 540 g/mol. The first kappa shape index (κ1) is 28.8. The highest BCUT2D eigenvalue weighted by atomic mass is 16.5. The van der Waals surface area contributed by atoms with Crippen molar-refractivity contribution in [1.29, 1.82) is 0 Å². The molecule has 3 aromatic heterocycles. The van der Waals surface area contributed by atoms with Crippen LogP contribution in [0.3, 0.4) is 0 Å². The first-order valence-electron chi connectivity index (χ1n) is 12.2. The lowest BCUT2D eigenvalue weighted by Gasteiger charge is -2.17. The number of aromatic amines is 1. The number of carbonyl (C=O) groups excluding carboxylic acids is 3. The third-order valence-electron chi connectivity index (χ3n) is 5.37. The summed E-state index contributed by atoms with van der Waals surface area (Å²) in [6.45, 7) is 3.81. The molecule has 3 heterocycles. The van der Waals surface area contributed by atoms with Crippen LogP contribution in [0.2, 0.25) is 0 Å². The number of amides is 3. The molecule has 39 heavy (non-hydrogen) atoms. The lowest BCUT2D eigenvalue weighted by atomic mass is 10.1. The highest BCUT2D eigenvalue weighted by molar-refractivity contribution is 5.96. The molecule has 0 aliphatic heterocycles. The van der Waals surface area contributed by atoms with Gasteiger partial charge in [-0.1, -0.05) is 6.08 Å². The first-order valence-corrected chi connectivity index (χ1v) is 12.2. The van der Waals surface area contributed by atoms with Gasteiger partial charge in [-0.15, -0.1) is 0 Å². The van der Waals surface area contributed by atoms with Crippen LogP contribution in [0.25, 0.3) is 11.2 Å². The highest BCUT2D eigenvalue weighted by Gasteiger charge is 2.22. The van der Waals surface area contributed by atoms with Crippen LogP contribution in [0.1, 0.15) is 32.5 Å². The van der Waals surface area contributed by atoms with Crippen molar-refractivity contribution >= 4 is 34.8 Å². The Morgan fingerprint density at radius 3 is 2.69 bits per heavy atom. The Kier molecular flexibility index (Phi) is 9.73. The van der Waals surface area contributed by atoms with E-state index in [2.05, 4.69) is 35.3 Å². The second-order valence-corrected chi connectivity index (χ2v) is 8.97. The Balaban J connectivity index is 1.75. The molecule has 0 saturated heterocycles. The normalized spacial score (nSPS) is 11.9. The van der Waals surface area contributed by atoms with E-state index >= 15 is 0 Å². The second-order valence-electron chi connectivity index (χ2n) is 8.97. The van der Waals surface area contributed by atoms with Gasteiger partial charge < -0.3 is 34.6 Å². The Labute approximate surface area is 224 Å². The molecule has 3 aromatic rings. The minimum atomic E-state index is -1.02. The van der Waals surface area contributed by atoms with Gasteiger partial charge in [-0.2, -0.15) is 4.98 Å². The van der Waals surface area contributed by atoms with Crippen LogP contribution in [-0.4, -0.2) is 80.7 Å². The van der Waals surface area contributed by atoms with Gasteiger partial charge in [0.05, 0.1) is 19.8 Å². The fraction of sp³-hybridized carbons (Fsp3) is 0.400. The second kappa shape index (κ2) is 13.2. The molecule has 208 valence electrons. The minimum absolute atomic E-state index is 0.0113. The molecule has 14 nitrogen and oxygen atoms in total. The quantitative estimate of drug-likeness (QED) is 0.304. The van der Waals surface area contributed by atoms with Crippen molar-refractivity contribution in [3.8, 4) is 5.88 Å². The van der Waals surface area contributed by atoms with Crippen LogP contribution >= 0.6 is 0 Å². The summed E-state index contributed by atoms with van der Waals surface area (Å²) in [6, 6.07) is 2.05. The molecule has 0 bridgehead atoms. The number of pyridine rings is 1. The number of H-pyrrole nitrogens is 1. The fourth-order valence-corrected chi connectivity index (χ4v) is 3.45. The van der Waals surface area contributed by atoms with Crippen molar-refractivity contribution < 1.29 is 23.9 Å². The zero-order valence-electron chi connectivity index (χ0n) is 22.4. The molecule has 0 saturated carbocycles. The Bertz CT molecular complexity index is 1410. The number of alkyl carbamates (subject to hydrolysis) is 1. The number of rotatable bonds is 11. The smallest absolute Gasteiger partial charge is 0.407 e. The summed E-state index contributed by atoms with van der Waals surface area (Å²) < 4.78 is 11.7. The van der Waals surface area contributed by atoms with E-state index in [1.165, 1.54) is 35.0 Å². The summed E-state index contributed by atoms with van der Waals surface area (Å²) in [4.78, 5) is 66.8. The minimum Gasteiger partial charge on any atom is -0.473 e. The van der Waals surface area contributed by atoms with Gasteiger partial charge in [0.25, 0.3) is 5.56 Å². The SMILES string of the molecule is COC(=O)NC(CCC=CC(=O)N(C)C)C(=O)Nc1cccn(Cc2nc3ncnc(OC(C)C)c3[nH]2)c1=O. The predicted octanol–water partition coefficient (Wildman–Crippen LogP) is 1.44. The molecule has 0 aliphatic rings. The largest absolute Gasteiger partial charge is 0.473 e. The summed E-state index contributed by atoms with van der Waals surface area (Å²) in [5, 5.41) is 5.03. The number of hydrogen-bond acceptors (Lipinski definition) is 9. The van der Waals surface area contributed by atoms with Gasteiger partial charge in [0.1, 0.15) is 29.4 Å². The number of methoxy groups -OCH3 is 1. The fourth-order valence-electron chi connectivity index (χ4n) is 3.45. The zero-order chi connectivity index (χ0) is 28.5. The molecule has 0 aliphatic carbocycles. The number of likely N-dealkylation sites (N-methyl/N-ethyl adjacent to an activating group) is 1. The van der Waals surface area contributed by atoms with Crippen molar-refractivity contribution in [2.75, 3.05) is 26.5 Å². The molecule has 0 aromatic carbocycles. The van der Waals surface area contributed by atoms with Gasteiger partial charge in [-0.25, -0.2) is 14.8 Å². The van der Waals surface area contributed by atoms with E-state index in [1.54, 1.807) is 32.4 Å². The number of carbonyl (C=O) groups is 3. The van der Waals surface area contributed by atoms with Crippen molar-refractivity contribution in [3.63, 3.8) is 0 Å². The molecule has 0 spiro atoms. The van der Waals surface area contributed by atoms with Crippen LogP contribution in [0.5, 0.6) is 5.88 Å². The summed E-state index contributed by atoms with van der Waals surface area (Å²) >= 11 is 0. The van der Waals surface area contributed by atoms with E-state index in [4.69, 9.17) is 4.74 Å². The van der Waals surface area contributed by atoms with E-state index in [9.17, 15) is 19.2 Å². The molecular formula is C25H32N8O6. The average Bonchev–Trinajstić information content (AvgIpc) is 3.31. The maximum atomic E-state index is 13.1. The van der Waals surface area contributed by atoms with Crippen molar-refractivity contribution in [2.45, 2.75) is 45.4 Å². The first-order chi connectivity index (χ1) is 18.6. The molecule has 0 fully saturated rings. The van der Waals surface area contributed by atoms with E-state index in [1.807, 2.05) is 13.8 Å². The summed E-state index contributed by atoms with van der Waals surface area (Å²) in [6.07, 6.45) is 5.46. The Morgan fingerprint density at radius 1 is 1.23 bits per heavy atom. The van der Waals surface area contributed by atoms with Gasteiger partial charge in [-0.3, -0.25) is 14.4 Å². The number of ether oxygens (including phenoxy) is 2. The molecule has 1 unspecified atom stereocenters. The lowest BCUT2D eigenvalue weighted by Crippen LogP contribution is -2.44. The summed E-state index contributed by atoms with van der Waals surface area (Å²) in [7, 11) is 4.42. The van der Waals surface area contributed by atoms with Crippen molar-refractivity contribution in [1.82, 2.24) is 34.7 Å². The number of hydrogen-bond donors (Lipinski definition) is 3. The van der Waals surface area contributed by atoms with Gasteiger partial charge in [-0.05, 0) is 44.9 Å². The summed E-state index contributed by atoms with van der Waals surface area (Å²) in [5.74, 6) is -0.0276. The van der Waals surface area contributed by atoms with E-state index in [0.717, 1.165) is 0 Å². The zero-order valence-corrected chi connectivity index (χ0v) is 22.4. The van der Waals surface area contributed by atoms with Gasteiger partial charge >= 0.3 is 6.09 Å². The third-order valence-corrected chi connectivity index (χ3v) is 5.37. The topological polar surface area (TPSA) is 173 Å². The molecule has 3 N–H and O–H groups in total. The van der Waals surface area contributed by atoms with Crippen LogP contribution in [-0.2, 0) is 20.9 Å². The van der Waals surface area contributed by atoms with E-state index in [-0.39, 0.29) is 30.7 Å². The third kappa shape index (κ3) is 7.87. The maximum Gasteiger partial charge on any atom is 0.407 e. The van der Waals surface area contributed by atoms with Crippen molar-refractivity contribution in [3.05, 3.63) is 53.0 Å². The molecule has 1 atom stereocenters. The maximum absolute atomic E-state index is 13.1. The Morgan fingerprint density at radius 2 is 2.00 bits per heavy atom.